The number of nitrogens with one attached hydrogen (secondary N) is 2. The van der Waals surface area contributed by atoms with E-state index >= 15 is 0 Å². The van der Waals surface area contributed by atoms with Gasteiger partial charge in [-0.1, -0.05) is 48.5 Å². The first-order valence-electron chi connectivity index (χ1n) is 6.98. The SMILES string of the molecule is O=C(Nc1ccccc1)NC1(c2ccccc2)CCC1. The highest BCUT2D eigenvalue weighted by Gasteiger charge is 2.39. The van der Waals surface area contributed by atoms with E-state index in [1.54, 1.807) is 0 Å². The van der Waals surface area contributed by atoms with Crippen molar-refractivity contribution in [3.8, 4) is 0 Å². The summed E-state index contributed by atoms with van der Waals surface area (Å²) >= 11 is 0. The highest BCUT2D eigenvalue weighted by atomic mass is 16.2. The van der Waals surface area contributed by atoms with Crippen LogP contribution >= 0.6 is 0 Å². The molecule has 2 amide bonds. The Bertz CT molecular complexity index is 576. The van der Waals surface area contributed by atoms with Crippen LogP contribution in [0.2, 0.25) is 0 Å². The molecule has 0 bridgehead atoms. The molecule has 0 heterocycles. The van der Waals surface area contributed by atoms with Gasteiger partial charge in [0.15, 0.2) is 0 Å². The van der Waals surface area contributed by atoms with Crippen LogP contribution in [0.15, 0.2) is 60.7 Å². The summed E-state index contributed by atoms with van der Waals surface area (Å²) in [5, 5.41) is 6.03. The summed E-state index contributed by atoms with van der Waals surface area (Å²) in [5.41, 5.74) is 1.81. The van der Waals surface area contributed by atoms with E-state index in [0.29, 0.717) is 0 Å². The maximum absolute atomic E-state index is 12.2. The Balaban J connectivity index is 1.71. The highest BCUT2D eigenvalue weighted by molar-refractivity contribution is 5.89. The van der Waals surface area contributed by atoms with E-state index in [1.807, 2.05) is 48.5 Å². The predicted molar refractivity (Wildman–Crippen MR) is 80.6 cm³/mol. The van der Waals surface area contributed by atoms with Crippen molar-refractivity contribution in [1.82, 2.24) is 5.32 Å². The van der Waals surface area contributed by atoms with Gasteiger partial charge in [0, 0.05) is 5.69 Å². The van der Waals surface area contributed by atoms with Crippen LogP contribution in [0.4, 0.5) is 10.5 Å². The van der Waals surface area contributed by atoms with Crippen LogP contribution in [0.3, 0.4) is 0 Å². The lowest BCUT2D eigenvalue weighted by molar-refractivity contribution is 0.185. The third kappa shape index (κ3) is 2.52. The molecule has 0 unspecified atom stereocenters. The second-order valence-electron chi connectivity index (χ2n) is 5.25. The maximum Gasteiger partial charge on any atom is 0.319 e. The Kier molecular flexibility index (Phi) is 3.42. The second-order valence-corrected chi connectivity index (χ2v) is 5.25. The van der Waals surface area contributed by atoms with Gasteiger partial charge < -0.3 is 10.6 Å². The maximum atomic E-state index is 12.2. The van der Waals surface area contributed by atoms with Crippen LogP contribution in [0.5, 0.6) is 0 Å². The van der Waals surface area contributed by atoms with E-state index in [4.69, 9.17) is 0 Å². The van der Waals surface area contributed by atoms with E-state index in [9.17, 15) is 4.79 Å². The Morgan fingerprint density at radius 1 is 0.900 bits per heavy atom. The average molecular weight is 266 g/mol. The summed E-state index contributed by atoms with van der Waals surface area (Å²) in [6.45, 7) is 0. The third-order valence-electron chi connectivity index (χ3n) is 3.92. The molecule has 2 N–H and O–H groups in total. The summed E-state index contributed by atoms with van der Waals surface area (Å²) in [6.07, 6.45) is 3.15. The molecule has 0 radical (unpaired) electrons. The lowest BCUT2D eigenvalue weighted by Gasteiger charge is -2.43. The molecular weight excluding hydrogens is 248 g/mol. The molecule has 0 spiro atoms. The van der Waals surface area contributed by atoms with Crippen molar-refractivity contribution in [3.05, 3.63) is 66.2 Å². The van der Waals surface area contributed by atoms with Gasteiger partial charge in [0.1, 0.15) is 0 Å². The summed E-state index contributed by atoms with van der Waals surface area (Å²) < 4.78 is 0. The number of benzene rings is 2. The highest BCUT2D eigenvalue weighted by Crippen LogP contribution is 2.41. The molecule has 3 heteroatoms. The minimum Gasteiger partial charge on any atom is -0.328 e. The van der Waals surface area contributed by atoms with E-state index in [0.717, 1.165) is 24.9 Å². The zero-order chi connectivity index (χ0) is 13.8. The fraction of sp³-hybridized carbons (Fsp3) is 0.235. The van der Waals surface area contributed by atoms with Crippen molar-refractivity contribution < 1.29 is 4.79 Å². The first-order chi connectivity index (χ1) is 9.78. The van der Waals surface area contributed by atoms with E-state index in [1.165, 1.54) is 5.56 Å². The average Bonchev–Trinajstić information content (AvgIpc) is 2.45. The number of rotatable bonds is 3. The zero-order valence-corrected chi connectivity index (χ0v) is 11.3. The smallest absolute Gasteiger partial charge is 0.319 e. The fourth-order valence-corrected chi connectivity index (χ4v) is 2.67. The molecule has 0 aromatic heterocycles. The van der Waals surface area contributed by atoms with Gasteiger partial charge in [-0.15, -0.1) is 0 Å². The van der Waals surface area contributed by atoms with E-state index in [-0.39, 0.29) is 11.6 Å². The van der Waals surface area contributed by atoms with Crippen LogP contribution in [-0.4, -0.2) is 6.03 Å². The number of anilines is 1. The van der Waals surface area contributed by atoms with Crippen molar-refractivity contribution in [3.63, 3.8) is 0 Å². The fourth-order valence-electron chi connectivity index (χ4n) is 2.67. The number of hydrogen-bond donors (Lipinski definition) is 2. The van der Waals surface area contributed by atoms with Gasteiger partial charge in [0.25, 0.3) is 0 Å². The monoisotopic (exact) mass is 266 g/mol. The van der Waals surface area contributed by atoms with Gasteiger partial charge >= 0.3 is 6.03 Å². The minimum absolute atomic E-state index is 0.139. The lowest BCUT2D eigenvalue weighted by atomic mass is 9.72. The largest absolute Gasteiger partial charge is 0.328 e. The molecule has 0 aliphatic heterocycles. The van der Waals surface area contributed by atoms with Gasteiger partial charge in [-0.2, -0.15) is 0 Å². The van der Waals surface area contributed by atoms with E-state index in [2.05, 4.69) is 22.8 Å². The van der Waals surface area contributed by atoms with Gasteiger partial charge in [-0.05, 0) is 37.0 Å². The molecule has 3 nitrogen and oxygen atoms in total. The lowest BCUT2D eigenvalue weighted by Crippen LogP contribution is -2.52. The topological polar surface area (TPSA) is 41.1 Å². The first-order valence-corrected chi connectivity index (χ1v) is 6.98. The van der Waals surface area contributed by atoms with Gasteiger partial charge in [-0.25, -0.2) is 4.79 Å². The number of amides is 2. The Labute approximate surface area is 119 Å². The zero-order valence-electron chi connectivity index (χ0n) is 11.3. The molecule has 20 heavy (non-hydrogen) atoms. The van der Waals surface area contributed by atoms with E-state index < -0.39 is 0 Å². The van der Waals surface area contributed by atoms with Crippen molar-refractivity contribution in [2.24, 2.45) is 0 Å². The second kappa shape index (κ2) is 5.37. The molecular formula is C17H18N2O. The van der Waals surface area contributed by atoms with Crippen molar-refractivity contribution in [1.29, 1.82) is 0 Å². The minimum atomic E-state index is -0.194. The number of para-hydroxylation sites is 1. The normalized spacial score (nSPS) is 16.0. The standard InChI is InChI=1S/C17H18N2O/c20-16(18-15-10-5-2-6-11-15)19-17(12-7-13-17)14-8-3-1-4-9-14/h1-6,8-11H,7,12-13H2,(H2,18,19,20). The molecule has 2 aromatic carbocycles. The van der Waals surface area contributed by atoms with Crippen molar-refractivity contribution in [2.45, 2.75) is 24.8 Å². The summed E-state index contributed by atoms with van der Waals surface area (Å²) in [4.78, 5) is 12.2. The van der Waals surface area contributed by atoms with Crippen molar-refractivity contribution >= 4 is 11.7 Å². The van der Waals surface area contributed by atoms with Crippen LogP contribution in [0.25, 0.3) is 0 Å². The van der Waals surface area contributed by atoms with Crippen LogP contribution in [0, 0.1) is 0 Å². The number of hydrogen-bond acceptors (Lipinski definition) is 1. The van der Waals surface area contributed by atoms with Gasteiger partial charge in [-0.3, -0.25) is 0 Å². The molecule has 102 valence electrons. The predicted octanol–water partition coefficient (Wildman–Crippen LogP) is 3.89. The number of carbonyl (C=O) groups is 1. The molecule has 1 fully saturated rings. The molecule has 3 rings (SSSR count). The third-order valence-corrected chi connectivity index (χ3v) is 3.92. The molecule has 1 aliphatic carbocycles. The van der Waals surface area contributed by atoms with Gasteiger partial charge in [0.2, 0.25) is 0 Å². The van der Waals surface area contributed by atoms with Crippen molar-refractivity contribution in [2.75, 3.05) is 5.32 Å². The first kappa shape index (κ1) is 12.7. The molecule has 1 saturated carbocycles. The van der Waals surface area contributed by atoms with Crippen LogP contribution in [-0.2, 0) is 5.54 Å². The Hall–Kier alpha value is -2.29. The Morgan fingerprint density at radius 2 is 1.50 bits per heavy atom. The molecule has 0 atom stereocenters. The molecule has 2 aromatic rings. The number of urea groups is 1. The van der Waals surface area contributed by atoms with Crippen LogP contribution < -0.4 is 10.6 Å². The molecule has 0 saturated heterocycles. The number of carbonyl (C=O) groups excluding carboxylic acids is 1. The summed E-state index contributed by atoms with van der Waals surface area (Å²) in [5.74, 6) is 0. The molecule has 1 aliphatic rings. The quantitative estimate of drug-likeness (QED) is 0.869. The van der Waals surface area contributed by atoms with Gasteiger partial charge in [0.05, 0.1) is 5.54 Å². The summed E-state index contributed by atoms with van der Waals surface area (Å²) in [6, 6.07) is 19.6. The Morgan fingerprint density at radius 3 is 2.05 bits per heavy atom. The summed E-state index contributed by atoms with van der Waals surface area (Å²) in [7, 11) is 0. The van der Waals surface area contributed by atoms with Crippen LogP contribution in [0.1, 0.15) is 24.8 Å².